The molecule has 2 aromatic carbocycles. The van der Waals surface area contributed by atoms with Gasteiger partial charge in [-0.15, -0.1) is 0 Å². The highest BCUT2D eigenvalue weighted by atomic mass is 35.5. The molecule has 0 saturated carbocycles. The van der Waals surface area contributed by atoms with Crippen LogP contribution in [0.4, 0.5) is 0 Å². The van der Waals surface area contributed by atoms with Gasteiger partial charge in [-0.1, -0.05) is 43.1 Å². The maximum atomic E-state index is 12.0. The Labute approximate surface area is 169 Å². The molecule has 0 saturated heterocycles. The molecule has 0 aliphatic heterocycles. The van der Waals surface area contributed by atoms with Crippen LogP contribution in [0.25, 0.3) is 11.0 Å². The van der Waals surface area contributed by atoms with E-state index in [0.29, 0.717) is 34.6 Å². The van der Waals surface area contributed by atoms with E-state index in [1.807, 2.05) is 25.2 Å². The van der Waals surface area contributed by atoms with Crippen molar-refractivity contribution >= 4 is 34.2 Å². The number of rotatable bonds is 5. The fraction of sp³-hybridized carbons (Fsp3) is 0.318. The van der Waals surface area contributed by atoms with E-state index in [0.717, 1.165) is 22.1 Å². The zero-order chi connectivity index (χ0) is 19.7. The van der Waals surface area contributed by atoms with Gasteiger partial charge in [-0.2, -0.15) is 0 Å². The van der Waals surface area contributed by atoms with Crippen LogP contribution in [0.1, 0.15) is 42.0 Å². The standard InChI is InChI=1S/C22H23Cl2NO2/c1-13(2)17-10-18-16(9-22(26)27-21(18)7-14(17)3)12-25(4)11-15-5-6-19(23)20(24)8-15/h5-10,13H,11-12H2,1-4H3. The van der Waals surface area contributed by atoms with Gasteiger partial charge in [0.05, 0.1) is 10.0 Å². The first-order chi connectivity index (χ1) is 12.7. The molecule has 0 N–H and O–H groups in total. The average Bonchev–Trinajstić information content (AvgIpc) is 2.57. The zero-order valence-corrected chi connectivity index (χ0v) is 17.5. The van der Waals surface area contributed by atoms with Gasteiger partial charge in [0.25, 0.3) is 0 Å². The number of halogens is 2. The Balaban J connectivity index is 1.94. The van der Waals surface area contributed by atoms with Gasteiger partial charge in [-0.3, -0.25) is 4.90 Å². The van der Waals surface area contributed by atoms with E-state index in [9.17, 15) is 4.79 Å². The van der Waals surface area contributed by atoms with Crippen molar-refractivity contribution < 1.29 is 4.42 Å². The van der Waals surface area contributed by atoms with Crippen molar-refractivity contribution in [2.75, 3.05) is 7.05 Å². The van der Waals surface area contributed by atoms with Crippen LogP contribution in [0.2, 0.25) is 10.0 Å². The van der Waals surface area contributed by atoms with Crippen LogP contribution in [-0.2, 0) is 13.1 Å². The molecule has 5 heteroatoms. The van der Waals surface area contributed by atoms with E-state index in [1.54, 1.807) is 12.1 Å². The number of hydrogen-bond acceptors (Lipinski definition) is 3. The van der Waals surface area contributed by atoms with Crippen molar-refractivity contribution in [2.45, 2.75) is 39.8 Å². The minimum atomic E-state index is -0.322. The van der Waals surface area contributed by atoms with E-state index in [1.165, 1.54) is 5.56 Å². The number of benzene rings is 2. The number of aryl methyl sites for hydroxylation is 1. The van der Waals surface area contributed by atoms with Crippen LogP contribution in [0, 0.1) is 6.92 Å². The van der Waals surface area contributed by atoms with E-state index in [4.69, 9.17) is 27.6 Å². The van der Waals surface area contributed by atoms with Gasteiger partial charge in [0, 0.05) is 24.5 Å². The highest BCUT2D eigenvalue weighted by Crippen LogP contribution is 2.28. The first-order valence-electron chi connectivity index (χ1n) is 8.94. The highest BCUT2D eigenvalue weighted by molar-refractivity contribution is 6.42. The van der Waals surface area contributed by atoms with Crippen LogP contribution in [0.15, 0.2) is 45.6 Å². The van der Waals surface area contributed by atoms with Crippen molar-refractivity contribution in [2.24, 2.45) is 0 Å². The molecule has 0 bridgehead atoms. The number of nitrogens with zero attached hydrogens (tertiary/aromatic N) is 1. The summed E-state index contributed by atoms with van der Waals surface area (Å²) >= 11 is 12.1. The molecule has 0 unspecified atom stereocenters. The summed E-state index contributed by atoms with van der Waals surface area (Å²) in [6.07, 6.45) is 0. The Bertz CT molecular complexity index is 1040. The van der Waals surface area contributed by atoms with Gasteiger partial charge in [0.15, 0.2) is 0 Å². The fourth-order valence-electron chi connectivity index (χ4n) is 3.44. The van der Waals surface area contributed by atoms with Gasteiger partial charge in [0.1, 0.15) is 5.58 Å². The molecule has 142 valence electrons. The van der Waals surface area contributed by atoms with Crippen LogP contribution >= 0.6 is 23.2 Å². The summed E-state index contributed by atoms with van der Waals surface area (Å²) < 4.78 is 5.44. The van der Waals surface area contributed by atoms with Crippen molar-refractivity contribution in [3.8, 4) is 0 Å². The summed E-state index contributed by atoms with van der Waals surface area (Å²) in [4.78, 5) is 14.2. The van der Waals surface area contributed by atoms with Gasteiger partial charge in [0.2, 0.25) is 0 Å². The molecular weight excluding hydrogens is 381 g/mol. The van der Waals surface area contributed by atoms with Crippen LogP contribution in [0.3, 0.4) is 0 Å². The first kappa shape index (κ1) is 19.9. The average molecular weight is 404 g/mol. The molecule has 27 heavy (non-hydrogen) atoms. The Morgan fingerprint density at radius 3 is 2.44 bits per heavy atom. The maximum Gasteiger partial charge on any atom is 0.336 e. The van der Waals surface area contributed by atoms with Crippen molar-refractivity contribution in [1.29, 1.82) is 0 Å². The van der Waals surface area contributed by atoms with E-state index in [2.05, 4.69) is 31.7 Å². The second-order valence-electron chi connectivity index (χ2n) is 7.37. The lowest BCUT2D eigenvalue weighted by Crippen LogP contribution is -2.18. The Kier molecular flexibility index (Phi) is 5.95. The summed E-state index contributed by atoms with van der Waals surface area (Å²) in [5.74, 6) is 0.406. The molecule has 0 amide bonds. The van der Waals surface area contributed by atoms with Crippen molar-refractivity contribution in [3.63, 3.8) is 0 Å². The van der Waals surface area contributed by atoms with Crippen LogP contribution in [-0.4, -0.2) is 11.9 Å². The summed E-state index contributed by atoms with van der Waals surface area (Å²) in [6, 6.07) is 11.3. The molecule has 0 aliphatic rings. The zero-order valence-electron chi connectivity index (χ0n) is 16.0. The van der Waals surface area contributed by atoms with Crippen LogP contribution in [0.5, 0.6) is 0 Å². The van der Waals surface area contributed by atoms with E-state index in [-0.39, 0.29) is 5.63 Å². The molecule has 3 aromatic rings. The molecule has 0 spiro atoms. The topological polar surface area (TPSA) is 33.5 Å². The molecule has 3 rings (SSSR count). The molecule has 3 nitrogen and oxygen atoms in total. The normalized spacial score (nSPS) is 11.7. The van der Waals surface area contributed by atoms with E-state index >= 15 is 0 Å². The summed E-state index contributed by atoms with van der Waals surface area (Å²) in [5, 5.41) is 2.08. The highest BCUT2D eigenvalue weighted by Gasteiger charge is 2.13. The minimum Gasteiger partial charge on any atom is -0.423 e. The first-order valence-corrected chi connectivity index (χ1v) is 9.70. The van der Waals surface area contributed by atoms with Crippen molar-refractivity contribution in [3.05, 3.63) is 79.1 Å². The number of hydrogen-bond donors (Lipinski definition) is 0. The molecule has 0 atom stereocenters. The van der Waals surface area contributed by atoms with Gasteiger partial charge in [-0.05, 0) is 66.4 Å². The van der Waals surface area contributed by atoms with Gasteiger partial charge in [-0.25, -0.2) is 4.79 Å². The molecule has 1 aromatic heterocycles. The van der Waals surface area contributed by atoms with E-state index < -0.39 is 0 Å². The molecule has 0 fully saturated rings. The minimum absolute atomic E-state index is 0.322. The Morgan fingerprint density at radius 2 is 1.78 bits per heavy atom. The molecule has 0 aliphatic carbocycles. The summed E-state index contributed by atoms with van der Waals surface area (Å²) in [5.41, 5.74) is 4.76. The second kappa shape index (κ2) is 8.05. The Hall–Kier alpha value is -1.81. The maximum absolute atomic E-state index is 12.0. The van der Waals surface area contributed by atoms with Crippen molar-refractivity contribution in [1.82, 2.24) is 4.90 Å². The predicted octanol–water partition coefficient (Wildman–Crippen LogP) is 6.16. The summed E-state index contributed by atoms with van der Waals surface area (Å²) in [7, 11) is 2.01. The smallest absolute Gasteiger partial charge is 0.336 e. The SMILES string of the molecule is Cc1cc2oc(=O)cc(CN(C)Cc3ccc(Cl)c(Cl)c3)c2cc1C(C)C. The lowest BCUT2D eigenvalue weighted by atomic mass is 9.95. The summed E-state index contributed by atoms with van der Waals surface area (Å²) in [6.45, 7) is 7.72. The largest absolute Gasteiger partial charge is 0.423 e. The second-order valence-corrected chi connectivity index (χ2v) is 8.19. The van der Waals surface area contributed by atoms with Crippen LogP contribution < -0.4 is 5.63 Å². The van der Waals surface area contributed by atoms with Gasteiger partial charge < -0.3 is 4.42 Å². The fourth-order valence-corrected chi connectivity index (χ4v) is 3.76. The third kappa shape index (κ3) is 4.55. The lowest BCUT2D eigenvalue weighted by Gasteiger charge is -2.19. The lowest BCUT2D eigenvalue weighted by molar-refractivity contribution is 0.319. The monoisotopic (exact) mass is 403 g/mol. The molecule has 1 heterocycles. The Morgan fingerprint density at radius 1 is 1.04 bits per heavy atom. The quantitative estimate of drug-likeness (QED) is 0.477. The predicted molar refractivity (Wildman–Crippen MR) is 113 cm³/mol. The third-order valence-corrected chi connectivity index (χ3v) is 5.45. The number of fused-ring (bicyclic) bond motifs is 1. The van der Waals surface area contributed by atoms with Gasteiger partial charge >= 0.3 is 5.63 Å². The molecular formula is C22H23Cl2NO2. The third-order valence-electron chi connectivity index (χ3n) is 4.72. The molecule has 0 radical (unpaired) electrons.